The first kappa shape index (κ1) is 23.6. The summed E-state index contributed by atoms with van der Waals surface area (Å²) in [4.78, 5) is 37.1. The fourth-order valence-corrected chi connectivity index (χ4v) is 5.39. The summed E-state index contributed by atoms with van der Waals surface area (Å²) in [7, 11) is 0. The van der Waals surface area contributed by atoms with Crippen molar-refractivity contribution >= 4 is 39.6 Å². The van der Waals surface area contributed by atoms with Crippen LogP contribution in [-0.2, 0) is 9.59 Å². The van der Waals surface area contributed by atoms with Gasteiger partial charge < -0.3 is 14.2 Å². The van der Waals surface area contributed by atoms with Gasteiger partial charge in [0, 0.05) is 17.8 Å². The molecule has 5 aromatic rings. The van der Waals surface area contributed by atoms with Gasteiger partial charge in [-0.1, -0.05) is 36.4 Å². The Morgan fingerprint density at radius 1 is 1.00 bits per heavy atom. The number of carbonyl (C=O) groups excluding carboxylic acids is 2. The molecule has 9 heteroatoms. The lowest BCUT2D eigenvalue weighted by Crippen LogP contribution is -2.29. The SMILES string of the molecule is Cc1cccn2c(C)c(/C(O)=C3\C(=O)C(=O)N(c4nccs4)C3c3cccc(Oc4ccccc4)c3)nc12. The number of rotatable bonds is 5. The lowest BCUT2D eigenvalue weighted by atomic mass is 9.96. The van der Waals surface area contributed by atoms with Crippen molar-refractivity contribution < 1.29 is 19.4 Å². The quantitative estimate of drug-likeness (QED) is 0.177. The maximum Gasteiger partial charge on any atom is 0.301 e. The highest BCUT2D eigenvalue weighted by Crippen LogP contribution is 2.43. The van der Waals surface area contributed by atoms with E-state index in [-0.39, 0.29) is 17.0 Å². The first-order valence-corrected chi connectivity index (χ1v) is 12.8. The minimum atomic E-state index is -0.925. The van der Waals surface area contributed by atoms with E-state index in [4.69, 9.17) is 4.74 Å². The molecule has 0 aliphatic carbocycles. The zero-order valence-electron chi connectivity index (χ0n) is 20.5. The number of para-hydroxylation sites is 1. The maximum atomic E-state index is 13.5. The number of ketones is 1. The number of carbonyl (C=O) groups is 2. The molecule has 0 radical (unpaired) electrons. The summed E-state index contributed by atoms with van der Waals surface area (Å²) in [6.45, 7) is 3.74. The molecule has 1 saturated heterocycles. The Bertz CT molecular complexity index is 1720. The summed E-state index contributed by atoms with van der Waals surface area (Å²) in [6, 6.07) is 19.3. The van der Waals surface area contributed by atoms with Crippen LogP contribution in [0.5, 0.6) is 11.5 Å². The molecular formula is C29H22N4O4S. The van der Waals surface area contributed by atoms with Gasteiger partial charge in [-0.25, -0.2) is 9.97 Å². The minimum absolute atomic E-state index is 0.0498. The summed E-state index contributed by atoms with van der Waals surface area (Å²) in [5, 5.41) is 13.7. The van der Waals surface area contributed by atoms with Crippen LogP contribution in [0.2, 0.25) is 0 Å². The van der Waals surface area contributed by atoms with Gasteiger partial charge in [-0.05, 0) is 55.3 Å². The number of hydrogen-bond acceptors (Lipinski definition) is 7. The number of aromatic nitrogens is 3. The summed E-state index contributed by atoms with van der Waals surface area (Å²) >= 11 is 1.24. The molecule has 0 saturated carbocycles. The molecule has 1 aliphatic rings. The van der Waals surface area contributed by atoms with E-state index >= 15 is 0 Å². The molecule has 1 atom stereocenters. The first-order valence-electron chi connectivity index (χ1n) is 11.9. The van der Waals surface area contributed by atoms with E-state index in [1.54, 1.807) is 35.8 Å². The molecule has 1 fully saturated rings. The molecule has 38 heavy (non-hydrogen) atoms. The van der Waals surface area contributed by atoms with Crippen molar-refractivity contribution in [2.24, 2.45) is 0 Å². The van der Waals surface area contributed by atoms with Gasteiger partial charge in [0.25, 0.3) is 5.78 Å². The number of benzene rings is 2. The van der Waals surface area contributed by atoms with Crippen molar-refractivity contribution in [2.75, 3.05) is 4.90 Å². The number of aliphatic hydroxyl groups is 1. The summed E-state index contributed by atoms with van der Waals surface area (Å²) in [6.07, 6.45) is 3.41. The monoisotopic (exact) mass is 522 g/mol. The average Bonchev–Trinajstić information content (AvgIpc) is 3.63. The third-order valence-electron chi connectivity index (χ3n) is 6.53. The predicted molar refractivity (Wildman–Crippen MR) is 145 cm³/mol. The standard InChI is InChI=1S/C29H22N4O4S/c1-17-8-7-14-32-18(2)23(31-27(17)32)25(34)22-24(33(28(36)26(22)35)29-30-13-15-38-29)19-9-6-12-21(16-19)37-20-10-4-3-5-11-20/h3-16,24,34H,1-2H3/b25-22+. The Labute approximate surface area is 222 Å². The van der Waals surface area contributed by atoms with Crippen LogP contribution in [0.4, 0.5) is 5.13 Å². The zero-order chi connectivity index (χ0) is 26.4. The maximum absolute atomic E-state index is 13.5. The molecule has 0 spiro atoms. The number of Topliss-reactive ketones (excluding diaryl/α,β-unsaturated/α-hetero) is 1. The highest BCUT2D eigenvalue weighted by Gasteiger charge is 2.48. The van der Waals surface area contributed by atoms with Gasteiger partial charge in [0.15, 0.2) is 10.9 Å². The van der Waals surface area contributed by atoms with Gasteiger partial charge in [0.05, 0.1) is 17.3 Å². The van der Waals surface area contributed by atoms with E-state index in [0.29, 0.717) is 33.5 Å². The summed E-state index contributed by atoms with van der Waals surface area (Å²) in [5.74, 6) is -0.724. The topological polar surface area (TPSA) is 97.0 Å². The molecule has 8 nitrogen and oxygen atoms in total. The van der Waals surface area contributed by atoms with Crippen LogP contribution >= 0.6 is 11.3 Å². The van der Waals surface area contributed by atoms with Gasteiger partial charge in [0.2, 0.25) is 0 Å². The van der Waals surface area contributed by atoms with Gasteiger partial charge >= 0.3 is 5.91 Å². The molecule has 1 N–H and O–H groups in total. The summed E-state index contributed by atoms with van der Waals surface area (Å²) < 4.78 is 7.87. The number of nitrogens with zero attached hydrogens (tertiary/aromatic N) is 4. The van der Waals surface area contributed by atoms with E-state index < -0.39 is 17.7 Å². The average molecular weight is 523 g/mol. The Balaban J connectivity index is 1.53. The van der Waals surface area contributed by atoms with Gasteiger partial charge in [-0.2, -0.15) is 0 Å². The molecule has 188 valence electrons. The Morgan fingerprint density at radius 3 is 2.53 bits per heavy atom. The molecule has 6 rings (SSSR count). The fraction of sp³-hybridized carbons (Fsp3) is 0.103. The second kappa shape index (κ2) is 9.28. The molecule has 0 bridgehead atoms. The number of fused-ring (bicyclic) bond motifs is 1. The van der Waals surface area contributed by atoms with Crippen LogP contribution < -0.4 is 9.64 Å². The predicted octanol–water partition coefficient (Wildman–Crippen LogP) is 5.83. The van der Waals surface area contributed by atoms with Crippen molar-refractivity contribution in [3.63, 3.8) is 0 Å². The number of ether oxygens (including phenoxy) is 1. The molecule has 1 amide bonds. The smallest absolute Gasteiger partial charge is 0.301 e. The lowest BCUT2D eigenvalue weighted by Gasteiger charge is -2.23. The van der Waals surface area contributed by atoms with E-state index in [2.05, 4.69) is 9.97 Å². The normalized spacial score (nSPS) is 16.9. The third-order valence-corrected chi connectivity index (χ3v) is 7.30. The largest absolute Gasteiger partial charge is 0.505 e. The van der Waals surface area contributed by atoms with Crippen molar-refractivity contribution in [3.8, 4) is 11.5 Å². The lowest BCUT2D eigenvalue weighted by molar-refractivity contribution is -0.132. The van der Waals surface area contributed by atoms with E-state index in [1.165, 1.54) is 16.2 Å². The number of aryl methyl sites for hydroxylation is 2. The highest BCUT2D eigenvalue weighted by molar-refractivity contribution is 7.14. The Hall–Kier alpha value is -4.76. The Kier molecular flexibility index (Phi) is 5.77. The van der Waals surface area contributed by atoms with Crippen molar-refractivity contribution in [3.05, 3.63) is 113 Å². The second-order valence-corrected chi connectivity index (χ2v) is 9.78. The molecule has 2 aromatic carbocycles. The van der Waals surface area contributed by atoms with E-state index in [0.717, 1.165) is 5.56 Å². The number of anilines is 1. The van der Waals surface area contributed by atoms with Crippen LogP contribution in [0.3, 0.4) is 0 Å². The van der Waals surface area contributed by atoms with Crippen LogP contribution in [0.25, 0.3) is 11.4 Å². The molecular weight excluding hydrogens is 500 g/mol. The van der Waals surface area contributed by atoms with Crippen molar-refractivity contribution in [2.45, 2.75) is 19.9 Å². The van der Waals surface area contributed by atoms with Crippen LogP contribution in [0, 0.1) is 13.8 Å². The van der Waals surface area contributed by atoms with E-state index in [9.17, 15) is 14.7 Å². The first-order chi connectivity index (χ1) is 18.4. The number of aliphatic hydroxyl groups excluding tert-OH is 1. The number of thiazole rings is 1. The van der Waals surface area contributed by atoms with Gasteiger partial charge in [-0.3, -0.25) is 14.5 Å². The van der Waals surface area contributed by atoms with Gasteiger partial charge in [0.1, 0.15) is 22.8 Å². The third kappa shape index (κ3) is 3.84. The highest BCUT2D eigenvalue weighted by atomic mass is 32.1. The molecule has 3 aromatic heterocycles. The molecule has 1 aliphatic heterocycles. The number of hydrogen-bond donors (Lipinski definition) is 1. The van der Waals surface area contributed by atoms with Gasteiger partial charge in [-0.15, -0.1) is 11.3 Å². The fourth-order valence-electron chi connectivity index (χ4n) is 4.73. The van der Waals surface area contributed by atoms with E-state index in [1.807, 2.05) is 66.9 Å². The zero-order valence-corrected chi connectivity index (χ0v) is 21.3. The van der Waals surface area contributed by atoms with Crippen LogP contribution in [0.1, 0.15) is 28.6 Å². The molecule has 4 heterocycles. The van der Waals surface area contributed by atoms with Crippen LogP contribution in [-0.4, -0.2) is 31.2 Å². The van der Waals surface area contributed by atoms with Crippen molar-refractivity contribution in [1.29, 1.82) is 0 Å². The number of pyridine rings is 1. The minimum Gasteiger partial charge on any atom is -0.505 e. The second-order valence-electron chi connectivity index (χ2n) is 8.90. The number of amides is 1. The summed E-state index contributed by atoms with van der Waals surface area (Å²) in [5.41, 5.74) is 3.02. The van der Waals surface area contributed by atoms with Crippen LogP contribution in [0.15, 0.2) is 90.1 Å². The Morgan fingerprint density at radius 2 is 1.79 bits per heavy atom. The molecule has 1 unspecified atom stereocenters. The van der Waals surface area contributed by atoms with Crippen molar-refractivity contribution in [1.82, 2.24) is 14.4 Å². The number of imidazole rings is 1.